The van der Waals surface area contributed by atoms with Gasteiger partial charge in [0.15, 0.2) is 0 Å². The number of nitrogen functional groups attached to an aromatic ring is 1. The number of hydrogen-bond donors (Lipinski definition) is 2. The lowest BCUT2D eigenvalue weighted by atomic mass is 9.99. The summed E-state index contributed by atoms with van der Waals surface area (Å²) in [6.45, 7) is 1.62. The highest BCUT2D eigenvalue weighted by Crippen LogP contribution is 2.31. The largest absolute Gasteiger partial charge is 0.384 e. The topological polar surface area (TPSA) is 73.4 Å². The van der Waals surface area contributed by atoms with Gasteiger partial charge < -0.3 is 15.5 Å². The van der Waals surface area contributed by atoms with Gasteiger partial charge in [0.1, 0.15) is 5.84 Å². The SMILES string of the molecule is CN(Cc1ccccc1)c1ccc2c(c1)CCCN2C(=O)CCc1ccc(C(=N)N)cc1. The predicted molar refractivity (Wildman–Crippen MR) is 131 cm³/mol. The Morgan fingerprint density at radius 3 is 2.50 bits per heavy atom. The summed E-state index contributed by atoms with van der Waals surface area (Å²) in [5.41, 5.74) is 12.0. The number of fused-ring (bicyclic) bond motifs is 1. The molecular formula is C27H30N4O. The van der Waals surface area contributed by atoms with E-state index in [0.29, 0.717) is 18.4 Å². The van der Waals surface area contributed by atoms with E-state index in [9.17, 15) is 4.79 Å². The first-order chi connectivity index (χ1) is 15.5. The average Bonchev–Trinajstić information content (AvgIpc) is 2.82. The molecule has 32 heavy (non-hydrogen) atoms. The number of carbonyl (C=O) groups excluding carboxylic acids is 1. The van der Waals surface area contributed by atoms with Gasteiger partial charge in [-0.1, -0.05) is 54.6 Å². The lowest BCUT2D eigenvalue weighted by Gasteiger charge is -2.31. The second kappa shape index (κ2) is 9.69. The summed E-state index contributed by atoms with van der Waals surface area (Å²) in [4.78, 5) is 17.2. The van der Waals surface area contributed by atoms with E-state index in [1.807, 2.05) is 35.2 Å². The van der Waals surface area contributed by atoms with Crippen molar-refractivity contribution in [3.63, 3.8) is 0 Å². The molecule has 5 nitrogen and oxygen atoms in total. The first-order valence-corrected chi connectivity index (χ1v) is 11.1. The normalized spacial score (nSPS) is 12.8. The van der Waals surface area contributed by atoms with Crippen LogP contribution in [-0.4, -0.2) is 25.3 Å². The first-order valence-electron chi connectivity index (χ1n) is 11.1. The van der Waals surface area contributed by atoms with Gasteiger partial charge in [-0.05, 0) is 54.2 Å². The van der Waals surface area contributed by atoms with Crippen LogP contribution in [0.25, 0.3) is 0 Å². The Labute approximate surface area is 190 Å². The van der Waals surface area contributed by atoms with Crippen molar-refractivity contribution in [2.24, 2.45) is 5.73 Å². The quantitative estimate of drug-likeness (QED) is 0.431. The van der Waals surface area contributed by atoms with E-state index in [2.05, 4.69) is 54.4 Å². The number of benzene rings is 3. The molecule has 0 unspecified atom stereocenters. The summed E-state index contributed by atoms with van der Waals surface area (Å²) in [6.07, 6.45) is 3.13. The minimum atomic E-state index is 0.0614. The van der Waals surface area contributed by atoms with Gasteiger partial charge in [-0.3, -0.25) is 10.2 Å². The van der Waals surface area contributed by atoms with E-state index >= 15 is 0 Å². The molecule has 1 amide bonds. The molecule has 0 aliphatic carbocycles. The summed E-state index contributed by atoms with van der Waals surface area (Å²) in [5, 5.41) is 7.49. The van der Waals surface area contributed by atoms with Gasteiger partial charge in [0, 0.05) is 43.5 Å². The average molecular weight is 427 g/mol. The van der Waals surface area contributed by atoms with Crippen LogP contribution in [0, 0.1) is 5.41 Å². The molecule has 0 fully saturated rings. The molecule has 5 heteroatoms. The molecule has 1 aliphatic rings. The standard InChI is InChI=1S/C27H30N4O/c1-30(19-21-6-3-2-4-7-21)24-14-15-25-23(18-24)8-5-17-31(25)26(32)16-11-20-9-12-22(13-10-20)27(28)29/h2-4,6-7,9-10,12-15,18H,5,8,11,16-17,19H2,1H3,(H3,28,29). The van der Waals surface area contributed by atoms with E-state index in [-0.39, 0.29) is 11.7 Å². The number of nitrogens with one attached hydrogen (secondary N) is 1. The Hall–Kier alpha value is -3.60. The first kappa shape index (κ1) is 21.6. The van der Waals surface area contributed by atoms with Crippen molar-refractivity contribution in [1.82, 2.24) is 0 Å². The van der Waals surface area contributed by atoms with Crippen LogP contribution in [0.1, 0.15) is 35.1 Å². The molecule has 0 saturated heterocycles. The molecule has 0 atom stereocenters. The minimum absolute atomic E-state index is 0.0614. The van der Waals surface area contributed by atoms with E-state index in [0.717, 1.165) is 37.2 Å². The van der Waals surface area contributed by atoms with Crippen LogP contribution in [0.4, 0.5) is 11.4 Å². The van der Waals surface area contributed by atoms with E-state index in [1.54, 1.807) is 0 Å². The number of carbonyl (C=O) groups is 1. The molecule has 4 rings (SSSR count). The van der Waals surface area contributed by atoms with Crippen LogP contribution in [0.2, 0.25) is 0 Å². The van der Waals surface area contributed by atoms with Crippen molar-refractivity contribution >= 4 is 23.1 Å². The Morgan fingerprint density at radius 2 is 1.78 bits per heavy atom. The van der Waals surface area contributed by atoms with Crippen molar-refractivity contribution in [1.29, 1.82) is 5.41 Å². The third kappa shape index (κ3) is 4.99. The van der Waals surface area contributed by atoms with Crippen molar-refractivity contribution in [2.75, 3.05) is 23.4 Å². The summed E-state index contributed by atoms with van der Waals surface area (Å²) >= 11 is 0. The van der Waals surface area contributed by atoms with Crippen molar-refractivity contribution < 1.29 is 4.79 Å². The zero-order chi connectivity index (χ0) is 22.5. The van der Waals surface area contributed by atoms with Crippen LogP contribution >= 0.6 is 0 Å². The van der Waals surface area contributed by atoms with Crippen LogP contribution in [0.5, 0.6) is 0 Å². The van der Waals surface area contributed by atoms with Crippen LogP contribution < -0.4 is 15.5 Å². The van der Waals surface area contributed by atoms with Crippen molar-refractivity contribution in [2.45, 2.75) is 32.2 Å². The molecule has 1 heterocycles. The van der Waals surface area contributed by atoms with Crippen LogP contribution in [-0.2, 0) is 24.2 Å². The maximum atomic E-state index is 13.0. The van der Waals surface area contributed by atoms with Gasteiger partial charge in [0.25, 0.3) is 0 Å². The van der Waals surface area contributed by atoms with Gasteiger partial charge >= 0.3 is 0 Å². The van der Waals surface area contributed by atoms with Gasteiger partial charge in [-0.15, -0.1) is 0 Å². The Morgan fingerprint density at radius 1 is 1.03 bits per heavy atom. The third-order valence-electron chi connectivity index (χ3n) is 6.08. The van der Waals surface area contributed by atoms with Crippen LogP contribution in [0.3, 0.4) is 0 Å². The fourth-order valence-electron chi connectivity index (χ4n) is 4.27. The van der Waals surface area contributed by atoms with E-state index in [4.69, 9.17) is 11.1 Å². The fourth-order valence-corrected chi connectivity index (χ4v) is 4.27. The van der Waals surface area contributed by atoms with Crippen molar-refractivity contribution in [3.8, 4) is 0 Å². The van der Waals surface area contributed by atoms with Crippen molar-refractivity contribution in [3.05, 3.63) is 95.1 Å². The van der Waals surface area contributed by atoms with E-state index < -0.39 is 0 Å². The minimum Gasteiger partial charge on any atom is -0.384 e. The number of hydrogen-bond acceptors (Lipinski definition) is 3. The fraction of sp³-hybridized carbons (Fsp3) is 0.259. The zero-order valence-electron chi connectivity index (χ0n) is 18.6. The van der Waals surface area contributed by atoms with Gasteiger partial charge in [-0.25, -0.2) is 0 Å². The Bertz CT molecular complexity index is 1090. The van der Waals surface area contributed by atoms with Gasteiger partial charge in [0.05, 0.1) is 0 Å². The molecule has 0 spiro atoms. The lowest BCUT2D eigenvalue weighted by molar-refractivity contribution is -0.118. The smallest absolute Gasteiger partial charge is 0.227 e. The third-order valence-corrected chi connectivity index (χ3v) is 6.08. The molecule has 0 saturated carbocycles. The second-order valence-corrected chi connectivity index (χ2v) is 8.41. The molecule has 0 radical (unpaired) electrons. The van der Waals surface area contributed by atoms with E-state index in [1.165, 1.54) is 16.8 Å². The maximum Gasteiger partial charge on any atom is 0.227 e. The molecule has 0 aromatic heterocycles. The number of amides is 1. The number of nitrogens with zero attached hydrogens (tertiary/aromatic N) is 2. The predicted octanol–water partition coefficient (Wildman–Crippen LogP) is 4.52. The zero-order valence-corrected chi connectivity index (χ0v) is 18.6. The summed E-state index contributed by atoms with van der Waals surface area (Å²) in [7, 11) is 2.11. The molecule has 1 aliphatic heterocycles. The molecule has 3 aromatic rings. The van der Waals surface area contributed by atoms with Crippen LogP contribution in [0.15, 0.2) is 72.8 Å². The number of nitrogens with two attached hydrogens (primary N) is 1. The summed E-state index contributed by atoms with van der Waals surface area (Å²) in [6, 6.07) is 24.5. The highest BCUT2D eigenvalue weighted by atomic mass is 16.2. The molecule has 0 bridgehead atoms. The number of amidine groups is 1. The second-order valence-electron chi connectivity index (χ2n) is 8.41. The highest BCUT2D eigenvalue weighted by Gasteiger charge is 2.23. The summed E-state index contributed by atoms with van der Waals surface area (Å²) < 4.78 is 0. The van der Waals surface area contributed by atoms with Gasteiger partial charge in [0.2, 0.25) is 5.91 Å². The highest BCUT2D eigenvalue weighted by molar-refractivity contribution is 5.95. The number of aryl methyl sites for hydroxylation is 2. The Balaban J connectivity index is 1.42. The number of rotatable bonds is 7. The molecular weight excluding hydrogens is 396 g/mol. The monoisotopic (exact) mass is 426 g/mol. The molecule has 3 aromatic carbocycles. The Kier molecular flexibility index (Phi) is 6.55. The lowest BCUT2D eigenvalue weighted by Crippen LogP contribution is -2.35. The van der Waals surface area contributed by atoms with Gasteiger partial charge in [-0.2, -0.15) is 0 Å². The molecule has 3 N–H and O–H groups in total. The maximum absolute atomic E-state index is 13.0. The number of anilines is 2. The molecule has 164 valence electrons. The summed E-state index contributed by atoms with van der Waals surface area (Å²) in [5.74, 6) is 0.221.